The average Bonchev–Trinajstić information content (AvgIpc) is 2.85. The molecular weight excluding hydrogens is 414 g/mol. The molecule has 1 atom stereocenters. The molecule has 1 aliphatic heterocycles. The van der Waals surface area contributed by atoms with E-state index in [2.05, 4.69) is 15.1 Å². The van der Waals surface area contributed by atoms with Crippen molar-refractivity contribution in [3.05, 3.63) is 90.0 Å². The molecule has 1 fully saturated rings. The predicted molar refractivity (Wildman–Crippen MR) is 131 cm³/mol. The van der Waals surface area contributed by atoms with Gasteiger partial charge in [-0.05, 0) is 48.9 Å². The Morgan fingerprint density at radius 1 is 0.879 bits per heavy atom. The normalized spacial score (nSPS) is 15.0. The average molecular weight is 444 g/mol. The maximum atomic E-state index is 13.4. The van der Waals surface area contributed by atoms with E-state index in [1.54, 1.807) is 14.0 Å². The third-order valence-electron chi connectivity index (χ3n) is 6.02. The Labute approximate surface area is 194 Å². The molecule has 1 saturated heterocycles. The van der Waals surface area contributed by atoms with Crippen molar-refractivity contribution in [1.82, 2.24) is 4.90 Å². The number of amides is 1. The molecule has 33 heavy (non-hydrogen) atoms. The Morgan fingerprint density at radius 2 is 1.58 bits per heavy atom. The van der Waals surface area contributed by atoms with Gasteiger partial charge in [0.25, 0.3) is 0 Å². The summed E-state index contributed by atoms with van der Waals surface area (Å²) in [5.74, 6) is 0.710. The van der Waals surface area contributed by atoms with Crippen molar-refractivity contribution in [2.75, 3.05) is 43.5 Å². The number of Topliss-reactive ketones (excluding diaryl/α,β-unsaturated/α-hetero) is 1. The van der Waals surface area contributed by atoms with Crippen LogP contribution >= 0.6 is 0 Å². The summed E-state index contributed by atoms with van der Waals surface area (Å²) in [7, 11) is 1.61. The van der Waals surface area contributed by atoms with Crippen LogP contribution in [0.25, 0.3) is 0 Å². The molecule has 0 bridgehead atoms. The van der Waals surface area contributed by atoms with E-state index in [1.807, 2.05) is 78.9 Å². The van der Waals surface area contributed by atoms with E-state index in [-0.39, 0.29) is 17.7 Å². The fourth-order valence-electron chi connectivity index (χ4n) is 4.22. The van der Waals surface area contributed by atoms with Gasteiger partial charge in [-0.3, -0.25) is 14.5 Å². The molecule has 1 aliphatic rings. The number of ketones is 1. The van der Waals surface area contributed by atoms with Gasteiger partial charge in [-0.1, -0.05) is 36.4 Å². The standard InChI is InChI=1S/C27H29N3O3/c1-20(31)21-11-13-24(14-12-21)29-15-17-30(18-16-29)26(22-7-4-3-5-8-22)27(32)28-23-9-6-10-25(19-23)33-2/h3-14,19,26H,15-18H2,1-2H3,(H,28,32)/t26-/m1/s1. The number of hydrogen-bond acceptors (Lipinski definition) is 5. The number of ether oxygens (including phenoxy) is 1. The van der Waals surface area contributed by atoms with Crippen LogP contribution in [0.4, 0.5) is 11.4 Å². The molecule has 6 nitrogen and oxygen atoms in total. The second-order valence-corrected chi connectivity index (χ2v) is 8.16. The van der Waals surface area contributed by atoms with Gasteiger partial charge in [-0.2, -0.15) is 0 Å². The first kappa shape index (κ1) is 22.6. The first-order chi connectivity index (χ1) is 16.0. The number of benzene rings is 3. The van der Waals surface area contributed by atoms with Gasteiger partial charge in [0.1, 0.15) is 11.8 Å². The molecule has 0 aliphatic carbocycles. The number of nitrogens with zero attached hydrogens (tertiary/aromatic N) is 2. The van der Waals surface area contributed by atoms with Gasteiger partial charge < -0.3 is 15.0 Å². The first-order valence-electron chi connectivity index (χ1n) is 11.1. The minimum atomic E-state index is -0.389. The van der Waals surface area contributed by atoms with Crippen molar-refractivity contribution in [1.29, 1.82) is 0 Å². The van der Waals surface area contributed by atoms with Crippen LogP contribution in [0.5, 0.6) is 5.75 Å². The van der Waals surface area contributed by atoms with Crippen LogP contribution in [-0.4, -0.2) is 49.9 Å². The van der Waals surface area contributed by atoms with E-state index in [4.69, 9.17) is 4.74 Å². The number of rotatable bonds is 7. The van der Waals surface area contributed by atoms with E-state index in [0.717, 1.165) is 43.0 Å². The Morgan fingerprint density at radius 3 is 2.21 bits per heavy atom. The van der Waals surface area contributed by atoms with Crippen LogP contribution in [0.15, 0.2) is 78.9 Å². The molecule has 0 spiro atoms. The lowest BCUT2D eigenvalue weighted by Gasteiger charge is -2.39. The van der Waals surface area contributed by atoms with Crippen molar-refractivity contribution in [2.45, 2.75) is 13.0 Å². The molecule has 6 heteroatoms. The Bertz CT molecular complexity index is 1090. The number of methoxy groups -OCH3 is 1. The zero-order valence-corrected chi connectivity index (χ0v) is 19.0. The van der Waals surface area contributed by atoms with Crippen molar-refractivity contribution in [3.8, 4) is 5.75 Å². The number of nitrogens with one attached hydrogen (secondary N) is 1. The minimum Gasteiger partial charge on any atom is -0.497 e. The third kappa shape index (κ3) is 5.41. The molecule has 3 aromatic carbocycles. The van der Waals surface area contributed by atoms with Gasteiger partial charge >= 0.3 is 0 Å². The Hall–Kier alpha value is -3.64. The lowest BCUT2D eigenvalue weighted by molar-refractivity contribution is -0.121. The Balaban J connectivity index is 1.49. The van der Waals surface area contributed by atoms with Gasteiger partial charge in [0.15, 0.2) is 5.78 Å². The predicted octanol–water partition coefficient (Wildman–Crippen LogP) is 4.40. The van der Waals surface area contributed by atoms with Crippen molar-refractivity contribution in [3.63, 3.8) is 0 Å². The maximum absolute atomic E-state index is 13.4. The summed E-state index contributed by atoms with van der Waals surface area (Å²) < 4.78 is 5.29. The summed E-state index contributed by atoms with van der Waals surface area (Å²) in [6.07, 6.45) is 0. The van der Waals surface area contributed by atoms with Gasteiger partial charge in [-0.15, -0.1) is 0 Å². The van der Waals surface area contributed by atoms with Crippen molar-refractivity contribution in [2.24, 2.45) is 0 Å². The highest BCUT2D eigenvalue weighted by molar-refractivity contribution is 5.96. The summed E-state index contributed by atoms with van der Waals surface area (Å²) >= 11 is 0. The van der Waals surface area contributed by atoms with Crippen LogP contribution < -0.4 is 15.0 Å². The molecule has 4 rings (SSSR count). The molecule has 0 radical (unpaired) electrons. The maximum Gasteiger partial charge on any atom is 0.246 e. The zero-order valence-electron chi connectivity index (χ0n) is 19.0. The van der Waals surface area contributed by atoms with Gasteiger partial charge in [0.05, 0.1) is 7.11 Å². The number of anilines is 2. The zero-order chi connectivity index (χ0) is 23.2. The Kier molecular flexibility index (Phi) is 7.05. The molecule has 0 saturated carbocycles. The number of carbonyl (C=O) groups is 2. The molecule has 0 unspecified atom stereocenters. The molecule has 1 N–H and O–H groups in total. The first-order valence-corrected chi connectivity index (χ1v) is 11.1. The highest BCUT2D eigenvalue weighted by Crippen LogP contribution is 2.27. The molecule has 3 aromatic rings. The van der Waals surface area contributed by atoms with Gasteiger partial charge in [0, 0.05) is 49.2 Å². The molecular formula is C27H29N3O3. The highest BCUT2D eigenvalue weighted by atomic mass is 16.5. The smallest absolute Gasteiger partial charge is 0.246 e. The fourth-order valence-corrected chi connectivity index (χ4v) is 4.22. The molecule has 0 aromatic heterocycles. The summed E-state index contributed by atoms with van der Waals surface area (Å²) in [4.78, 5) is 29.5. The quantitative estimate of drug-likeness (QED) is 0.549. The van der Waals surface area contributed by atoms with Crippen LogP contribution in [-0.2, 0) is 4.79 Å². The summed E-state index contributed by atoms with van der Waals surface area (Å²) in [6.45, 7) is 4.68. The fraction of sp³-hybridized carbons (Fsp3) is 0.259. The lowest BCUT2D eigenvalue weighted by Crippen LogP contribution is -2.50. The second kappa shape index (κ2) is 10.3. The summed E-state index contributed by atoms with van der Waals surface area (Å²) in [6, 6.07) is 24.7. The van der Waals surface area contributed by atoms with Crippen molar-refractivity contribution < 1.29 is 14.3 Å². The lowest BCUT2D eigenvalue weighted by atomic mass is 10.0. The van der Waals surface area contributed by atoms with E-state index in [1.165, 1.54) is 0 Å². The van der Waals surface area contributed by atoms with Crippen LogP contribution in [0.1, 0.15) is 28.9 Å². The number of hydrogen-bond donors (Lipinski definition) is 1. The minimum absolute atomic E-state index is 0.0614. The number of carbonyl (C=O) groups excluding carboxylic acids is 2. The van der Waals surface area contributed by atoms with E-state index >= 15 is 0 Å². The largest absolute Gasteiger partial charge is 0.497 e. The second-order valence-electron chi connectivity index (χ2n) is 8.16. The third-order valence-corrected chi connectivity index (χ3v) is 6.02. The summed E-state index contributed by atoms with van der Waals surface area (Å²) in [5, 5.41) is 3.07. The van der Waals surface area contributed by atoms with Crippen LogP contribution in [0, 0.1) is 0 Å². The van der Waals surface area contributed by atoms with Crippen molar-refractivity contribution >= 4 is 23.1 Å². The van der Waals surface area contributed by atoms with E-state index in [0.29, 0.717) is 11.4 Å². The van der Waals surface area contributed by atoms with Crippen LogP contribution in [0.3, 0.4) is 0 Å². The van der Waals surface area contributed by atoms with E-state index < -0.39 is 0 Å². The highest BCUT2D eigenvalue weighted by Gasteiger charge is 2.30. The van der Waals surface area contributed by atoms with E-state index in [9.17, 15) is 9.59 Å². The number of piperazine rings is 1. The molecule has 1 amide bonds. The topological polar surface area (TPSA) is 61.9 Å². The molecule has 170 valence electrons. The summed E-state index contributed by atoms with van der Waals surface area (Å²) in [5.41, 5.74) is 3.49. The monoisotopic (exact) mass is 443 g/mol. The SMILES string of the molecule is COc1cccc(NC(=O)[C@@H](c2ccccc2)N2CCN(c3ccc(C(C)=O)cc3)CC2)c1. The molecule has 1 heterocycles. The van der Waals surface area contributed by atoms with Crippen LogP contribution in [0.2, 0.25) is 0 Å². The van der Waals surface area contributed by atoms with Gasteiger partial charge in [0.2, 0.25) is 5.91 Å². The van der Waals surface area contributed by atoms with Gasteiger partial charge in [-0.25, -0.2) is 0 Å².